The average molecular weight is 283 g/mol. The van der Waals surface area contributed by atoms with Crippen LogP contribution in [0.2, 0.25) is 0 Å². The molecule has 1 aliphatic carbocycles. The van der Waals surface area contributed by atoms with E-state index in [9.17, 15) is 0 Å². The number of ether oxygens (including phenoxy) is 1. The van der Waals surface area contributed by atoms with E-state index in [4.69, 9.17) is 10.5 Å². The normalized spacial score (nSPS) is 17.5. The largest absolute Gasteiger partial charge is 0.381 e. The molecule has 4 nitrogen and oxygen atoms in total. The van der Waals surface area contributed by atoms with Gasteiger partial charge in [-0.05, 0) is 44.4 Å². The Labute approximate surface area is 124 Å². The van der Waals surface area contributed by atoms with Crippen molar-refractivity contribution in [3.8, 4) is 0 Å². The lowest BCUT2D eigenvalue weighted by atomic mass is 10.0. The summed E-state index contributed by atoms with van der Waals surface area (Å²) in [6.45, 7) is 9.18. The fourth-order valence-electron chi connectivity index (χ4n) is 2.10. The van der Waals surface area contributed by atoms with E-state index in [2.05, 4.69) is 31.1 Å². The third kappa shape index (κ3) is 10.1. The average Bonchev–Trinajstić information content (AvgIpc) is 3.17. The topological polar surface area (TPSA) is 59.6 Å². The minimum Gasteiger partial charge on any atom is -0.381 e. The summed E-state index contributed by atoms with van der Waals surface area (Å²) >= 11 is 0. The van der Waals surface area contributed by atoms with E-state index in [0.29, 0.717) is 12.0 Å². The first-order valence-corrected chi connectivity index (χ1v) is 8.22. The molecule has 1 fully saturated rings. The Morgan fingerprint density at radius 3 is 2.65 bits per heavy atom. The third-order valence-electron chi connectivity index (χ3n) is 3.59. The Balaban J connectivity index is 1.95. The lowest BCUT2D eigenvalue weighted by Crippen LogP contribution is -2.38. The molecule has 1 atom stereocenters. The van der Waals surface area contributed by atoms with Crippen LogP contribution in [0.1, 0.15) is 59.3 Å². The number of hydrogen-bond acceptors (Lipinski definition) is 2. The zero-order valence-electron chi connectivity index (χ0n) is 13.5. The molecule has 1 saturated carbocycles. The second-order valence-corrected chi connectivity index (χ2v) is 6.51. The van der Waals surface area contributed by atoms with Gasteiger partial charge in [0.05, 0.1) is 0 Å². The molecule has 4 heteroatoms. The van der Waals surface area contributed by atoms with Gasteiger partial charge in [0.15, 0.2) is 5.96 Å². The molecule has 0 bridgehead atoms. The Bertz CT molecular complexity index is 275. The predicted octanol–water partition coefficient (Wildman–Crippen LogP) is 2.92. The minimum absolute atomic E-state index is 0.406. The molecule has 0 spiro atoms. The Hall–Kier alpha value is -0.770. The van der Waals surface area contributed by atoms with Gasteiger partial charge in [-0.1, -0.05) is 26.7 Å². The Morgan fingerprint density at radius 2 is 2.00 bits per heavy atom. The quantitative estimate of drug-likeness (QED) is 0.348. The summed E-state index contributed by atoms with van der Waals surface area (Å²) in [4.78, 5) is 4.34. The van der Waals surface area contributed by atoms with Crippen molar-refractivity contribution in [1.82, 2.24) is 5.32 Å². The molecular weight excluding hydrogens is 250 g/mol. The van der Waals surface area contributed by atoms with Crippen LogP contribution in [0.25, 0.3) is 0 Å². The van der Waals surface area contributed by atoms with Gasteiger partial charge >= 0.3 is 0 Å². The predicted molar refractivity (Wildman–Crippen MR) is 85.9 cm³/mol. The van der Waals surface area contributed by atoms with E-state index in [1.54, 1.807) is 0 Å². The van der Waals surface area contributed by atoms with Crippen molar-refractivity contribution in [1.29, 1.82) is 0 Å². The Kier molecular flexibility index (Phi) is 8.67. The molecule has 0 amide bonds. The third-order valence-corrected chi connectivity index (χ3v) is 3.59. The van der Waals surface area contributed by atoms with Gasteiger partial charge in [0, 0.05) is 25.8 Å². The number of hydrogen-bond donors (Lipinski definition) is 2. The Morgan fingerprint density at radius 1 is 1.25 bits per heavy atom. The van der Waals surface area contributed by atoms with E-state index >= 15 is 0 Å². The lowest BCUT2D eigenvalue weighted by molar-refractivity contribution is 0.123. The monoisotopic (exact) mass is 283 g/mol. The van der Waals surface area contributed by atoms with Crippen LogP contribution < -0.4 is 11.1 Å². The van der Waals surface area contributed by atoms with Crippen molar-refractivity contribution >= 4 is 5.96 Å². The van der Waals surface area contributed by atoms with Crippen molar-refractivity contribution < 1.29 is 4.74 Å². The van der Waals surface area contributed by atoms with Gasteiger partial charge in [-0.15, -0.1) is 0 Å². The number of nitrogens with two attached hydrogens (primary N) is 1. The summed E-state index contributed by atoms with van der Waals surface area (Å²) in [5.41, 5.74) is 5.88. The SMILES string of the molecule is CC(C)CCCC(C)NC(N)=NCCCOCC1CC1. The van der Waals surface area contributed by atoms with Gasteiger partial charge in [0.25, 0.3) is 0 Å². The van der Waals surface area contributed by atoms with Gasteiger partial charge in [0.1, 0.15) is 0 Å². The van der Waals surface area contributed by atoms with Crippen LogP contribution >= 0.6 is 0 Å². The maximum absolute atomic E-state index is 5.88. The maximum atomic E-state index is 5.88. The van der Waals surface area contributed by atoms with Crippen molar-refractivity contribution in [2.24, 2.45) is 22.6 Å². The summed E-state index contributed by atoms with van der Waals surface area (Å²) in [5, 5.41) is 3.26. The molecule has 20 heavy (non-hydrogen) atoms. The molecule has 0 radical (unpaired) electrons. The molecule has 0 saturated heterocycles. The van der Waals surface area contributed by atoms with E-state index < -0.39 is 0 Å². The fourth-order valence-corrected chi connectivity index (χ4v) is 2.10. The molecule has 0 aromatic heterocycles. The molecule has 1 rings (SSSR count). The number of guanidine groups is 1. The second-order valence-electron chi connectivity index (χ2n) is 6.51. The summed E-state index contributed by atoms with van der Waals surface area (Å²) in [6.07, 6.45) is 7.33. The molecule has 0 aliphatic heterocycles. The highest BCUT2D eigenvalue weighted by Crippen LogP contribution is 2.28. The van der Waals surface area contributed by atoms with Crippen molar-refractivity contribution in [2.75, 3.05) is 19.8 Å². The molecular formula is C16H33N3O. The van der Waals surface area contributed by atoms with Crippen LogP contribution in [-0.2, 0) is 4.74 Å². The molecule has 3 N–H and O–H groups in total. The molecule has 118 valence electrons. The summed E-state index contributed by atoms with van der Waals surface area (Å²) in [6, 6.07) is 0.406. The highest BCUT2D eigenvalue weighted by atomic mass is 16.5. The van der Waals surface area contributed by atoms with Crippen LogP contribution in [0.3, 0.4) is 0 Å². The second kappa shape index (κ2) is 10.0. The van der Waals surface area contributed by atoms with Crippen LogP contribution in [0, 0.1) is 11.8 Å². The van der Waals surface area contributed by atoms with Gasteiger partial charge in [-0.25, -0.2) is 0 Å². The van der Waals surface area contributed by atoms with E-state index in [1.165, 1.54) is 25.7 Å². The molecule has 0 aromatic carbocycles. The molecule has 0 aromatic rings. The molecule has 1 aliphatic rings. The summed E-state index contributed by atoms with van der Waals surface area (Å²) in [7, 11) is 0. The van der Waals surface area contributed by atoms with Gasteiger partial charge in [0.2, 0.25) is 0 Å². The van der Waals surface area contributed by atoms with Crippen LogP contribution in [-0.4, -0.2) is 31.8 Å². The fraction of sp³-hybridized carbons (Fsp3) is 0.938. The van der Waals surface area contributed by atoms with E-state index in [1.807, 2.05) is 0 Å². The smallest absolute Gasteiger partial charge is 0.188 e. The zero-order valence-corrected chi connectivity index (χ0v) is 13.5. The zero-order chi connectivity index (χ0) is 14.8. The molecule has 1 unspecified atom stereocenters. The first-order valence-electron chi connectivity index (χ1n) is 8.22. The number of nitrogens with zero attached hydrogens (tertiary/aromatic N) is 1. The number of aliphatic imine (C=N–C) groups is 1. The van der Waals surface area contributed by atoms with E-state index in [0.717, 1.165) is 44.4 Å². The van der Waals surface area contributed by atoms with Crippen LogP contribution in [0.15, 0.2) is 4.99 Å². The highest BCUT2D eigenvalue weighted by Gasteiger charge is 2.20. The minimum atomic E-state index is 0.406. The maximum Gasteiger partial charge on any atom is 0.188 e. The molecule has 0 heterocycles. The van der Waals surface area contributed by atoms with Crippen molar-refractivity contribution in [2.45, 2.75) is 65.3 Å². The standard InChI is InChI=1S/C16H33N3O/c1-13(2)6-4-7-14(3)19-16(17)18-10-5-11-20-12-15-8-9-15/h13-15H,4-12H2,1-3H3,(H3,17,18,19). The summed E-state index contributed by atoms with van der Waals surface area (Å²) < 4.78 is 5.57. The van der Waals surface area contributed by atoms with Gasteiger partial charge < -0.3 is 15.8 Å². The highest BCUT2D eigenvalue weighted by molar-refractivity contribution is 5.78. The van der Waals surface area contributed by atoms with Gasteiger partial charge in [-0.2, -0.15) is 0 Å². The lowest BCUT2D eigenvalue weighted by Gasteiger charge is -2.15. The van der Waals surface area contributed by atoms with E-state index in [-0.39, 0.29) is 0 Å². The number of nitrogens with one attached hydrogen (secondary N) is 1. The van der Waals surface area contributed by atoms with Crippen LogP contribution in [0.5, 0.6) is 0 Å². The van der Waals surface area contributed by atoms with Crippen molar-refractivity contribution in [3.05, 3.63) is 0 Å². The van der Waals surface area contributed by atoms with Crippen molar-refractivity contribution in [3.63, 3.8) is 0 Å². The number of rotatable bonds is 11. The van der Waals surface area contributed by atoms with Gasteiger partial charge in [-0.3, -0.25) is 4.99 Å². The van der Waals surface area contributed by atoms with Crippen LogP contribution in [0.4, 0.5) is 0 Å². The first kappa shape index (κ1) is 17.3. The summed E-state index contributed by atoms with van der Waals surface area (Å²) in [5.74, 6) is 2.20. The first-order chi connectivity index (χ1) is 9.58.